The van der Waals surface area contributed by atoms with Crippen molar-refractivity contribution in [2.45, 2.75) is 18.9 Å². The SMILES string of the molecule is COc1cc(Cl)c(C)cc1NC(=O)CSc1cc(C)c2ccccc2n1. The third kappa shape index (κ3) is 4.11. The van der Waals surface area contributed by atoms with Crippen LogP contribution in [-0.2, 0) is 4.79 Å². The van der Waals surface area contributed by atoms with E-state index in [2.05, 4.69) is 17.2 Å². The number of anilines is 1. The van der Waals surface area contributed by atoms with Gasteiger partial charge in [0.05, 0.1) is 29.1 Å². The molecular formula is C20H19ClN2O2S. The molecule has 0 aliphatic rings. The molecule has 134 valence electrons. The Morgan fingerprint density at radius 3 is 2.73 bits per heavy atom. The second kappa shape index (κ2) is 7.98. The van der Waals surface area contributed by atoms with Crippen molar-refractivity contribution in [3.8, 4) is 5.75 Å². The van der Waals surface area contributed by atoms with Crippen LogP contribution in [-0.4, -0.2) is 23.8 Å². The number of fused-ring (bicyclic) bond motifs is 1. The summed E-state index contributed by atoms with van der Waals surface area (Å²) in [5, 5.41) is 5.44. The lowest BCUT2D eigenvalue weighted by Crippen LogP contribution is -2.15. The van der Waals surface area contributed by atoms with Gasteiger partial charge in [-0.05, 0) is 43.2 Å². The Kier molecular flexibility index (Phi) is 5.69. The highest BCUT2D eigenvalue weighted by Gasteiger charge is 2.12. The van der Waals surface area contributed by atoms with Gasteiger partial charge in [0.2, 0.25) is 5.91 Å². The van der Waals surface area contributed by atoms with Crippen molar-refractivity contribution in [3.05, 3.63) is 58.6 Å². The van der Waals surface area contributed by atoms with E-state index in [9.17, 15) is 4.79 Å². The molecule has 1 heterocycles. The summed E-state index contributed by atoms with van der Waals surface area (Å²) in [7, 11) is 1.55. The van der Waals surface area contributed by atoms with Crippen LogP contribution in [0.25, 0.3) is 10.9 Å². The van der Waals surface area contributed by atoms with E-state index in [1.807, 2.05) is 43.3 Å². The Hall–Kier alpha value is -2.24. The Morgan fingerprint density at radius 1 is 1.19 bits per heavy atom. The number of rotatable bonds is 5. The average molecular weight is 387 g/mol. The fraction of sp³-hybridized carbons (Fsp3) is 0.200. The van der Waals surface area contributed by atoms with Crippen LogP contribution in [0.15, 0.2) is 47.5 Å². The van der Waals surface area contributed by atoms with Crippen molar-refractivity contribution in [2.24, 2.45) is 0 Å². The molecule has 0 fully saturated rings. The van der Waals surface area contributed by atoms with Gasteiger partial charge in [-0.2, -0.15) is 0 Å². The molecule has 1 aromatic heterocycles. The number of amides is 1. The normalized spacial score (nSPS) is 10.8. The lowest BCUT2D eigenvalue weighted by Gasteiger charge is -2.12. The van der Waals surface area contributed by atoms with E-state index in [-0.39, 0.29) is 11.7 Å². The third-order valence-corrected chi connectivity index (χ3v) is 5.32. The number of carbonyl (C=O) groups is 1. The largest absolute Gasteiger partial charge is 0.495 e. The minimum Gasteiger partial charge on any atom is -0.495 e. The molecule has 0 spiro atoms. The predicted molar refractivity (Wildman–Crippen MR) is 109 cm³/mol. The summed E-state index contributed by atoms with van der Waals surface area (Å²) >= 11 is 7.51. The minimum atomic E-state index is -0.123. The highest BCUT2D eigenvalue weighted by atomic mass is 35.5. The molecule has 0 bridgehead atoms. The standard InChI is InChI=1S/C20H19ClN2O2S/c1-12-9-20(23-16-7-5-4-6-14(12)16)26-11-19(24)22-17-8-13(2)15(21)10-18(17)25-3/h4-10H,11H2,1-3H3,(H,22,24). The quantitative estimate of drug-likeness (QED) is 0.609. The van der Waals surface area contributed by atoms with Gasteiger partial charge in [-0.15, -0.1) is 0 Å². The van der Waals surface area contributed by atoms with Crippen molar-refractivity contribution in [1.82, 2.24) is 4.98 Å². The molecule has 0 saturated heterocycles. The number of aryl methyl sites for hydroxylation is 2. The fourth-order valence-corrected chi connectivity index (χ4v) is 3.58. The van der Waals surface area contributed by atoms with Crippen LogP contribution in [0.2, 0.25) is 5.02 Å². The Bertz CT molecular complexity index is 975. The zero-order valence-corrected chi connectivity index (χ0v) is 16.4. The van der Waals surface area contributed by atoms with Crippen molar-refractivity contribution in [3.63, 3.8) is 0 Å². The van der Waals surface area contributed by atoms with E-state index in [0.29, 0.717) is 16.5 Å². The zero-order chi connectivity index (χ0) is 18.7. The molecule has 0 radical (unpaired) electrons. The Labute approximate surface area is 161 Å². The maximum Gasteiger partial charge on any atom is 0.234 e. The van der Waals surface area contributed by atoms with Crippen LogP contribution < -0.4 is 10.1 Å². The molecule has 0 aliphatic carbocycles. The summed E-state index contributed by atoms with van der Waals surface area (Å²) in [4.78, 5) is 17.0. The molecule has 26 heavy (non-hydrogen) atoms. The molecule has 4 nitrogen and oxygen atoms in total. The summed E-state index contributed by atoms with van der Waals surface area (Å²) < 4.78 is 5.29. The van der Waals surface area contributed by atoms with Crippen molar-refractivity contribution in [2.75, 3.05) is 18.2 Å². The van der Waals surface area contributed by atoms with Gasteiger partial charge in [0.25, 0.3) is 0 Å². The monoisotopic (exact) mass is 386 g/mol. The first-order valence-corrected chi connectivity index (χ1v) is 9.47. The number of nitrogens with zero attached hydrogens (tertiary/aromatic N) is 1. The van der Waals surface area contributed by atoms with E-state index >= 15 is 0 Å². The van der Waals surface area contributed by atoms with E-state index in [0.717, 1.165) is 27.1 Å². The van der Waals surface area contributed by atoms with E-state index in [1.54, 1.807) is 13.2 Å². The van der Waals surface area contributed by atoms with Crippen LogP contribution in [0.4, 0.5) is 5.69 Å². The molecule has 0 atom stereocenters. The van der Waals surface area contributed by atoms with Crippen LogP contribution >= 0.6 is 23.4 Å². The number of para-hydroxylation sites is 1. The number of aromatic nitrogens is 1. The number of hydrogen-bond donors (Lipinski definition) is 1. The number of benzene rings is 2. The third-order valence-electron chi connectivity index (χ3n) is 4.01. The van der Waals surface area contributed by atoms with Gasteiger partial charge in [-0.25, -0.2) is 4.98 Å². The van der Waals surface area contributed by atoms with Gasteiger partial charge in [0.15, 0.2) is 0 Å². The second-order valence-corrected chi connectivity index (χ2v) is 7.34. The molecule has 6 heteroatoms. The average Bonchev–Trinajstić information content (AvgIpc) is 2.63. The molecule has 1 amide bonds. The van der Waals surface area contributed by atoms with Crippen LogP contribution in [0, 0.1) is 13.8 Å². The summed E-state index contributed by atoms with van der Waals surface area (Å²) in [5.41, 5.74) is 3.57. The number of ether oxygens (including phenoxy) is 1. The minimum absolute atomic E-state index is 0.123. The van der Waals surface area contributed by atoms with Crippen molar-refractivity contribution >= 4 is 45.9 Å². The smallest absolute Gasteiger partial charge is 0.234 e. The van der Waals surface area contributed by atoms with Crippen LogP contribution in [0.1, 0.15) is 11.1 Å². The molecule has 0 aliphatic heterocycles. The van der Waals surface area contributed by atoms with Gasteiger partial charge >= 0.3 is 0 Å². The highest BCUT2D eigenvalue weighted by Crippen LogP contribution is 2.31. The number of pyridine rings is 1. The number of hydrogen-bond acceptors (Lipinski definition) is 4. The highest BCUT2D eigenvalue weighted by molar-refractivity contribution is 7.99. The van der Waals surface area contributed by atoms with Gasteiger partial charge in [-0.3, -0.25) is 4.79 Å². The Balaban J connectivity index is 1.71. The summed E-state index contributed by atoms with van der Waals surface area (Å²) in [6, 6.07) is 13.5. The number of methoxy groups -OCH3 is 1. The lowest BCUT2D eigenvalue weighted by atomic mass is 10.1. The van der Waals surface area contributed by atoms with E-state index in [1.165, 1.54) is 11.8 Å². The number of nitrogens with one attached hydrogen (secondary N) is 1. The second-order valence-electron chi connectivity index (χ2n) is 5.93. The maximum absolute atomic E-state index is 12.4. The van der Waals surface area contributed by atoms with Crippen LogP contribution in [0.3, 0.4) is 0 Å². The van der Waals surface area contributed by atoms with E-state index < -0.39 is 0 Å². The topological polar surface area (TPSA) is 51.2 Å². The van der Waals surface area contributed by atoms with Gasteiger partial charge < -0.3 is 10.1 Å². The lowest BCUT2D eigenvalue weighted by molar-refractivity contribution is -0.113. The first-order chi connectivity index (χ1) is 12.5. The van der Waals surface area contributed by atoms with Gasteiger partial charge in [-0.1, -0.05) is 41.6 Å². The molecule has 0 unspecified atom stereocenters. The molecule has 0 saturated carbocycles. The van der Waals surface area contributed by atoms with Gasteiger partial charge in [0, 0.05) is 16.5 Å². The van der Waals surface area contributed by atoms with E-state index in [4.69, 9.17) is 16.3 Å². The fourth-order valence-electron chi connectivity index (χ4n) is 2.65. The van der Waals surface area contributed by atoms with Crippen molar-refractivity contribution in [1.29, 1.82) is 0 Å². The first kappa shape index (κ1) is 18.5. The number of halogens is 1. The molecule has 3 rings (SSSR count). The summed E-state index contributed by atoms with van der Waals surface area (Å²) in [5.74, 6) is 0.677. The number of carbonyl (C=O) groups excluding carboxylic acids is 1. The summed E-state index contributed by atoms with van der Waals surface area (Å²) in [6.45, 7) is 3.93. The maximum atomic E-state index is 12.4. The molecule has 2 aromatic carbocycles. The first-order valence-electron chi connectivity index (χ1n) is 8.11. The van der Waals surface area contributed by atoms with Gasteiger partial charge in [0.1, 0.15) is 5.75 Å². The summed E-state index contributed by atoms with van der Waals surface area (Å²) in [6.07, 6.45) is 0. The number of thioether (sulfide) groups is 1. The molecule has 3 aromatic rings. The Morgan fingerprint density at radius 2 is 1.96 bits per heavy atom. The van der Waals surface area contributed by atoms with Crippen LogP contribution in [0.5, 0.6) is 5.75 Å². The zero-order valence-electron chi connectivity index (χ0n) is 14.8. The predicted octanol–water partition coefficient (Wildman–Crippen LogP) is 5.24. The molecule has 1 N–H and O–H groups in total. The molecular weight excluding hydrogens is 368 g/mol. The van der Waals surface area contributed by atoms with Crippen molar-refractivity contribution < 1.29 is 9.53 Å².